The molecule has 0 nitrogen and oxygen atoms in total. The van der Waals surface area contributed by atoms with Crippen molar-refractivity contribution in [3.05, 3.63) is 0 Å². The zero-order chi connectivity index (χ0) is 14.9. The Morgan fingerprint density at radius 3 is 1.90 bits per heavy atom. The fraction of sp³-hybridized carbons (Fsp3) is 1.00. The normalized spacial score (nSPS) is 35.7. The van der Waals surface area contributed by atoms with Crippen molar-refractivity contribution in [2.24, 2.45) is 23.7 Å². The lowest BCUT2D eigenvalue weighted by atomic mass is 9.81. The van der Waals surface area contributed by atoms with Crippen LogP contribution in [0.2, 0.25) is 0 Å². The minimum atomic E-state index is 1.05. The van der Waals surface area contributed by atoms with Crippen LogP contribution >= 0.6 is 0 Å². The van der Waals surface area contributed by atoms with Crippen LogP contribution in [0.15, 0.2) is 0 Å². The maximum Gasteiger partial charge on any atom is -0.0409 e. The molecule has 2 rings (SSSR count). The third kappa shape index (κ3) is 6.33. The molecule has 0 aliphatic heterocycles. The molecule has 2 saturated carbocycles. The average Bonchev–Trinajstić information content (AvgIpc) is 2.63. The molecular weight excluding hydrogens is 252 g/mol. The SMILES string of the molecule is CCC[C@@H]1CCCCCC[C@H]2CC[C@@H](C1)C[C@@H](CCC)C2. The van der Waals surface area contributed by atoms with E-state index in [1.54, 1.807) is 38.5 Å². The van der Waals surface area contributed by atoms with Gasteiger partial charge in [0.2, 0.25) is 0 Å². The third-order valence-corrected chi connectivity index (χ3v) is 6.35. The van der Waals surface area contributed by atoms with E-state index in [1.807, 2.05) is 0 Å². The van der Waals surface area contributed by atoms with Crippen LogP contribution in [-0.2, 0) is 0 Å². The first-order valence-corrected chi connectivity index (χ1v) is 10.3. The van der Waals surface area contributed by atoms with Gasteiger partial charge in [-0.05, 0) is 42.9 Å². The maximum atomic E-state index is 2.39. The first-order valence-electron chi connectivity index (χ1n) is 10.3. The van der Waals surface area contributed by atoms with Gasteiger partial charge in [-0.2, -0.15) is 0 Å². The molecule has 0 aromatic carbocycles. The molecule has 0 amide bonds. The van der Waals surface area contributed by atoms with Crippen LogP contribution in [0, 0.1) is 23.7 Å². The Bertz CT molecular complexity index is 257. The van der Waals surface area contributed by atoms with Gasteiger partial charge in [-0.3, -0.25) is 0 Å². The molecule has 0 radical (unpaired) electrons. The fourth-order valence-electron chi connectivity index (χ4n) is 5.35. The van der Waals surface area contributed by atoms with Crippen molar-refractivity contribution in [1.82, 2.24) is 0 Å². The van der Waals surface area contributed by atoms with Crippen LogP contribution in [0.25, 0.3) is 0 Å². The van der Waals surface area contributed by atoms with E-state index in [9.17, 15) is 0 Å². The summed E-state index contributed by atoms with van der Waals surface area (Å²) in [6, 6.07) is 0. The first kappa shape index (κ1) is 17.4. The molecule has 0 spiro atoms. The van der Waals surface area contributed by atoms with Gasteiger partial charge in [-0.1, -0.05) is 90.9 Å². The summed E-state index contributed by atoms with van der Waals surface area (Å²) in [5.41, 5.74) is 0. The first-order chi connectivity index (χ1) is 10.3. The van der Waals surface area contributed by atoms with Gasteiger partial charge in [-0.25, -0.2) is 0 Å². The highest BCUT2D eigenvalue weighted by Crippen LogP contribution is 2.40. The lowest BCUT2D eigenvalue weighted by Gasteiger charge is -2.25. The van der Waals surface area contributed by atoms with Gasteiger partial charge in [0.1, 0.15) is 0 Å². The van der Waals surface area contributed by atoms with Gasteiger partial charge in [0.25, 0.3) is 0 Å². The molecule has 2 aliphatic carbocycles. The van der Waals surface area contributed by atoms with E-state index in [-0.39, 0.29) is 0 Å². The highest BCUT2D eigenvalue weighted by atomic mass is 14.3. The molecule has 2 fully saturated rings. The summed E-state index contributed by atoms with van der Waals surface area (Å²) in [5.74, 6) is 4.27. The second-order valence-electron chi connectivity index (χ2n) is 8.32. The van der Waals surface area contributed by atoms with E-state index < -0.39 is 0 Å². The van der Waals surface area contributed by atoms with Gasteiger partial charge >= 0.3 is 0 Å². The van der Waals surface area contributed by atoms with Crippen molar-refractivity contribution >= 4 is 0 Å². The van der Waals surface area contributed by atoms with Crippen molar-refractivity contribution in [3.8, 4) is 0 Å². The minimum absolute atomic E-state index is 1.05. The number of hydrogen-bond acceptors (Lipinski definition) is 0. The van der Waals surface area contributed by atoms with Crippen LogP contribution in [0.1, 0.15) is 110 Å². The standard InChI is InChI=1S/C21H40/c1-3-9-18-11-7-5-6-8-12-19-13-14-21(15-18)17-20(16-19)10-4-2/h18-21H,3-17H2,1-2H3/t18-,19+,20+,21+/m1/s1. The van der Waals surface area contributed by atoms with Gasteiger partial charge in [0, 0.05) is 0 Å². The summed E-state index contributed by atoms with van der Waals surface area (Å²) >= 11 is 0. The Hall–Kier alpha value is 0. The monoisotopic (exact) mass is 292 g/mol. The molecule has 2 aliphatic rings. The molecule has 2 bridgehead atoms. The molecule has 0 heteroatoms. The van der Waals surface area contributed by atoms with Crippen LogP contribution in [0.3, 0.4) is 0 Å². The van der Waals surface area contributed by atoms with Gasteiger partial charge < -0.3 is 0 Å². The number of rotatable bonds is 4. The Morgan fingerprint density at radius 1 is 0.571 bits per heavy atom. The average molecular weight is 293 g/mol. The second-order valence-corrected chi connectivity index (χ2v) is 8.32. The summed E-state index contributed by atoms with van der Waals surface area (Å²) < 4.78 is 0. The highest BCUT2D eigenvalue weighted by Gasteiger charge is 2.27. The number of fused-ring (bicyclic) bond motifs is 3. The fourth-order valence-corrected chi connectivity index (χ4v) is 5.35. The van der Waals surface area contributed by atoms with Crippen LogP contribution in [0.4, 0.5) is 0 Å². The predicted octanol–water partition coefficient (Wildman–Crippen LogP) is 7.37. The van der Waals surface area contributed by atoms with Crippen molar-refractivity contribution < 1.29 is 0 Å². The summed E-state index contributed by atoms with van der Waals surface area (Å²) in [7, 11) is 0. The van der Waals surface area contributed by atoms with E-state index in [2.05, 4.69) is 13.8 Å². The Balaban J connectivity index is 1.99. The van der Waals surface area contributed by atoms with Gasteiger partial charge in [0.15, 0.2) is 0 Å². The van der Waals surface area contributed by atoms with Crippen LogP contribution in [-0.4, -0.2) is 0 Å². The summed E-state index contributed by atoms with van der Waals surface area (Å²) in [5, 5.41) is 0. The quantitative estimate of drug-likeness (QED) is 0.507. The number of hydrogen-bond donors (Lipinski definition) is 0. The zero-order valence-corrected chi connectivity index (χ0v) is 14.9. The Kier molecular flexibility index (Phi) is 8.19. The van der Waals surface area contributed by atoms with Crippen molar-refractivity contribution in [1.29, 1.82) is 0 Å². The topological polar surface area (TPSA) is 0 Å². The molecular formula is C21H40. The lowest BCUT2D eigenvalue weighted by molar-refractivity contribution is 0.272. The predicted molar refractivity (Wildman–Crippen MR) is 94.6 cm³/mol. The van der Waals surface area contributed by atoms with Gasteiger partial charge in [-0.15, -0.1) is 0 Å². The largest absolute Gasteiger partial charge is 0.0654 e. The van der Waals surface area contributed by atoms with Crippen molar-refractivity contribution in [3.63, 3.8) is 0 Å². The minimum Gasteiger partial charge on any atom is -0.0654 e. The van der Waals surface area contributed by atoms with Crippen molar-refractivity contribution in [2.45, 2.75) is 110 Å². The highest BCUT2D eigenvalue weighted by molar-refractivity contribution is 4.79. The summed E-state index contributed by atoms with van der Waals surface area (Å²) in [6.45, 7) is 4.78. The third-order valence-electron chi connectivity index (χ3n) is 6.35. The van der Waals surface area contributed by atoms with E-state index in [0.29, 0.717) is 0 Å². The molecule has 124 valence electrons. The lowest BCUT2D eigenvalue weighted by Crippen LogP contribution is -2.12. The molecule has 4 atom stereocenters. The molecule has 0 unspecified atom stereocenters. The molecule has 0 N–H and O–H groups in total. The molecule has 0 heterocycles. The van der Waals surface area contributed by atoms with E-state index >= 15 is 0 Å². The summed E-state index contributed by atoms with van der Waals surface area (Å²) in [4.78, 5) is 0. The second kappa shape index (κ2) is 9.90. The summed E-state index contributed by atoms with van der Waals surface area (Å²) in [6.07, 6.45) is 22.8. The van der Waals surface area contributed by atoms with E-state index in [4.69, 9.17) is 0 Å². The maximum absolute atomic E-state index is 2.39. The molecule has 21 heavy (non-hydrogen) atoms. The Morgan fingerprint density at radius 2 is 1.14 bits per heavy atom. The van der Waals surface area contributed by atoms with Gasteiger partial charge in [0.05, 0.1) is 0 Å². The van der Waals surface area contributed by atoms with Crippen LogP contribution < -0.4 is 0 Å². The van der Waals surface area contributed by atoms with Crippen molar-refractivity contribution in [2.75, 3.05) is 0 Å². The smallest absolute Gasteiger partial charge is 0.0409 e. The van der Waals surface area contributed by atoms with Crippen LogP contribution in [0.5, 0.6) is 0 Å². The molecule has 0 aromatic heterocycles. The van der Waals surface area contributed by atoms with E-state index in [0.717, 1.165) is 23.7 Å². The Labute approximate surface area is 134 Å². The van der Waals surface area contributed by atoms with E-state index in [1.165, 1.54) is 57.8 Å². The molecule has 0 aromatic rings. The zero-order valence-electron chi connectivity index (χ0n) is 14.9. The molecule has 0 saturated heterocycles.